The highest BCUT2D eigenvalue weighted by Crippen LogP contribution is 2.32. The van der Waals surface area contributed by atoms with Gasteiger partial charge >= 0.3 is 0 Å². The summed E-state index contributed by atoms with van der Waals surface area (Å²) in [5.74, 6) is 1.30. The molecule has 1 fully saturated rings. The van der Waals surface area contributed by atoms with Crippen molar-refractivity contribution in [3.8, 4) is 0 Å². The van der Waals surface area contributed by atoms with Crippen molar-refractivity contribution in [3.63, 3.8) is 0 Å². The van der Waals surface area contributed by atoms with Crippen molar-refractivity contribution < 1.29 is 4.74 Å². The first kappa shape index (κ1) is 23.4. The number of nitrogens with one attached hydrogen (secondary N) is 1. The van der Waals surface area contributed by atoms with Gasteiger partial charge in [0.25, 0.3) is 5.56 Å². The van der Waals surface area contributed by atoms with E-state index in [-0.39, 0.29) is 11.6 Å². The molecule has 0 bridgehead atoms. The van der Waals surface area contributed by atoms with Crippen molar-refractivity contribution in [1.29, 1.82) is 0 Å². The van der Waals surface area contributed by atoms with Gasteiger partial charge in [0.1, 0.15) is 6.04 Å². The van der Waals surface area contributed by atoms with Crippen LogP contribution in [0.15, 0.2) is 59.4 Å². The van der Waals surface area contributed by atoms with E-state index in [1.807, 2.05) is 18.2 Å². The summed E-state index contributed by atoms with van der Waals surface area (Å²) >= 11 is 0. The van der Waals surface area contributed by atoms with E-state index in [1.54, 1.807) is 11.8 Å². The number of likely N-dealkylation sites (tertiary alicyclic amines) is 1. The number of H-pyrrole nitrogens is 1. The van der Waals surface area contributed by atoms with Crippen molar-refractivity contribution in [1.82, 2.24) is 30.1 Å². The van der Waals surface area contributed by atoms with Gasteiger partial charge in [-0.15, -0.1) is 5.10 Å². The molecule has 3 heterocycles. The second kappa shape index (κ2) is 10.5. The Morgan fingerprint density at radius 3 is 2.69 bits per heavy atom. The van der Waals surface area contributed by atoms with Crippen LogP contribution in [0.5, 0.6) is 0 Å². The SMILES string of the molecule is COCCn1nnnc1[C@H](c1cc2cc(C)ccc2[nH]c1=O)N1CCC(Cc2ccccc2)CC1. The van der Waals surface area contributed by atoms with E-state index in [1.165, 1.54) is 5.56 Å². The molecule has 1 saturated heterocycles. The molecule has 35 heavy (non-hydrogen) atoms. The van der Waals surface area contributed by atoms with E-state index in [0.29, 0.717) is 30.5 Å². The van der Waals surface area contributed by atoms with E-state index in [4.69, 9.17) is 4.74 Å². The minimum Gasteiger partial charge on any atom is -0.383 e. The van der Waals surface area contributed by atoms with Crippen LogP contribution in [0.1, 0.15) is 41.4 Å². The standard InChI is InChI=1S/C27H32N6O2/c1-19-8-9-24-22(16-19)18-23(27(34)28-24)25(26-29-30-31-33(26)14-15-35-2)32-12-10-21(11-13-32)17-20-6-4-3-5-7-20/h3-9,16,18,21,25H,10-15,17H2,1-2H3,(H,28,34)/t25-/m0/s1. The van der Waals surface area contributed by atoms with Crippen molar-refractivity contribution in [2.45, 2.75) is 38.8 Å². The molecule has 0 amide bonds. The zero-order valence-corrected chi connectivity index (χ0v) is 20.4. The quantitative estimate of drug-likeness (QED) is 0.422. The van der Waals surface area contributed by atoms with Crippen molar-refractivity contribution in [3.05, 3.63) is 87.5 Å². The largest absolute Gasteiger partial charge is 0.383 e. The number of rotatable bonds is 8. The average Bonchev–Trinajstić information content (AvgIpc) is 3.33. The topological polar surface area (TPSA) is 88.9 Å². The van der Waals surface area contributed by atoms with Crippen LogP contribution in [-0.4, -0.2) is 56.9 Å². The number of hydrogen-bond acceptors (Lipinski definition) is 6. The summed E-state index contributed by atoms with van der Waals surface area (Å²) in [6, 6.07) is 18.4. The van der Waals surface area contributed by atoms with Crippen LogP contribution < -0.4 is 5.56 Å². The Morgan fingerprint density at radius 1 is 1.11 bits per heavy atom. The molecular weight excluding hydrogens is 440 g/mol. The molecule has 1 aliphatic rings. The van der Waals surface area contributed by atoms with Gasteiger partial charge in [-0.3, -0.25) is 9.69 Å². The Bertz CT molecular complexity index is 1320. The maximum absolute atomic E-state index is 13.3. The summed E-state index contributed by atoms with van der Waals surface area (Å²) in [6.45, 7) is 4.85. The maximum atomic E-state index is 13.3. The summed E-state index contributed by atoms with van der Waals surface area (Å²) in [7, 11) is 1.66. The molecule has 0 radical (unpaired) electrons. The number of aromatic amines is 1. The highest BCUT2D eigenvalue weighted by atomic mass is 16.5. The lowest BCUT2D eigenvalue weighted by Gasteiger charge is -2.37. The third-order valence-corrected chi connectivity index (χ3v) is 7.02. The predicted octanol–water partition coefficient (Wildman–Crippen LogP) is 3.51. The number of hydrogen-bond donors (Lipinski definition) is 1. The van der Waals surface area contributed by atoms with Gasteiger partial charge in [-0.2, -0.15) is 0 Å². The van der Waals surface area contributed by atoms with Crippen LogP contribution in [0.25, 0.3) is 10.9 Å². The Labute approximate surface area is 204 Å². The number of piperidine rings is 1. The second-order valence-corrected chi connectivity index (χ2v) is 9.47. The van der Waals surface area contributed by atoms with E-state index in [2.05, 4.69) is 68.7 Å². The summed E-state index contributed by atoms with van der Waals surface area (Å²) < 4.78 is 7.04. The molecule has 2 aromatic heterocycles. The van der Waals surface area contributed by atoms with E-state index in [0.717, 1.165) is 48.8 Å². The first-order chi connectivity index (χ1) is 17.1. The van der Waals surface area contributed by atoms with Gasteiger partial charge in [0.05, 0.1) is 13.2 Å². The number of benzene rings is 2. The number of pyridine rings is 1. The number of aromatic nitrogens is 5. The van der Waals surface area contributed by atoms with Crippen LogP contribution in [0.3, 0.4) is 0 Å². The molecule has 1 N–H and O–H groups in total. The fourth-order valence-electron chi connectivity index (χ4n) is 5.15. The molecule has 8 nitrogen and oxygen atoms in total. The molecule has 0 spiro atoms. The number of aryl methyl sites for hydroxylation is 1. The third-order valence-electron chi connectivity index (χ3n) is 7.02. The first-order valence-corrected chi connectivity index (χ1v) is 12.3. The second-order valence-electron chi connectivity index (χ2n) is 9.47. The summed E-state index contributed by atoms with van der Waals surface area (Å²) in [4.78, 5) is 18.8. The molecule has 0 saturated carbocycles. The predicted molar refractivity (Wildman–Crippen MR) is 135 cm³/mol. The van der Waals surface area contributed by atoms with Crippen molar-refractivity contribution in [2.24, 2.45) is 5.92 Å². The highest BCUT2D eigenvalue weighted by Gasteiger charge is 2.33. The highest BCUT2D eigenvalue weighted by molar-refractivity contribution is 5.79. The van der Waals surface area contributed by atoms with Crippen LogP contribution in [-0.2, 0) is 17.7 Å². The number of fused-ring (bicyclic) bond motifs is 1. The fraction of sp³-hybridized carbons (Fsp3) is 0.407. The smallest absolute Gasteiger partial charge is 0.253 e. The van der Waals surface area contributed by atoms with E-state index < -0.39 is 0 Å². The van der Waals surface area contributed by atoms with Crippen molar-refractivity contribution >= 4 is 10.9 Å². The minimum atomic E-state index is -0.326. The zero-order valence-electron chi connectivity index (χ0n) is 20.4. The van der Waals surface area contributed by atoms with Crippen LogP contribution in [0.2, 0.25) is 0 Å². The van der Waals surface area contributed by atoms with Crippen LogP contribution >= 0.6 is 0 Å². The van der Waals surface area contributed by atoms with Gasteiger partial charge in [-0.25, -0.2) is 4.68 Å². The monoisotopic (exact) mass is 472 g/mol. The molecule has 0 unspecified atom stereocenters. The number of methoxy groups -OCH3 is 1. The van der Waals surface area contributed by atoms with Crippen LogP contribution in [0.4, 0.5) is 0 Å². The number of nitrogens with zero attached hydrogens (tertiary/aromatic N) is 5. The Hall–Kier alpha value is -3.36. The Balaban J connectivity index is 1.47. The fourth-order valence-corrected chi connectivity index (χ4v) is 5.15. The third kappa shape index (κ3) is 5.18. The average molecular weight is 473 g/mol. The van der Waals surface area contributed by atoms with Gasteiger partial charge in [0, 0.05) is 18.2 Å². The summed E-state index contributed by atoms with van der Waals surface area (Å²) in [5, 5.41) is 13.6. The molecule has 1 atom stereocenters. The van der Waals surface area contributed by atoms with Crippen molar-refractivity contribution in [2.75, 3.05) is 26.8 Å². The molecule has 8 heteroatoms. The number of ether oxygens (including phenoxy) is 1. The lowest BCUT2D eigenvalue weighted by Crippen LogP contribution is -2.41. The lowest BCUT2D eigenvalue weighted by molar-refractivity contribution is 0.138. The molecule has 4 aromatic rings. The molecule has 1 aliphatic heterocycles. The van der Waals surface area contributed by atoms with Gasteiger partial charge in [0.2, 0.25) is 0 Å². The normalized spacial score (nSPS) is 16.1. The summed E-state index contributed by atoms with van der Waals surface area (Å²) in [6.07, 6.45) is 3.21. The summed E-state index contributed by atoms with van der Waals surface area (Å²) in [5.41, 5.74) is 3.95. The van der Waals surface area contributed by atoms with E-state index >= 15 is 0 Å². The first-order valence-electron chi connectivity index (χ1n) is 12.3. The molecule has 2 aromatic carbocycles. The van der Waals surface area contributed by atoms with Gasteiger partial charge in [-0.1, -0.05) is 42.0 Å². The van der Waals surface area contributed by atoms with Gasteiger partial charge in [-0.05, 0) is 84.8 Å². The van der Waals surface area contributed by atoms with Gasteiger partial charge < -0.3 is 9.72 Å². The molecule has 0 aliphatic carbocycles. The number of tetrazole rings is 1. The Kier molecular flexibility index (Phi) is 7.01. The van der Waals surface area contributed by atoms with Gasteiger partial charge in [0.15, 0.2) is 5.82 Å². The Morgan fingerprint density at radius 2 is 1.91 bits per heavy atom. The lowest BCUT2D eigenvalue weighted by atomic mass is 9.89. The molecular formula is C27H32N6O2. The molecule has 182 valence electrons. The minimum absolute atomic E-state index is 0.0981. The molecule has 5 rings (SSSR count). The maximum Gasteiger partial charge on any atom is 0.253 e. The van der Waals surface area contributed by atoms with Crippen LogP contribution in [0, 0.1) is 12.8 Å². The van der Waals surface area contributed by atoms with E-state index in [9.17, 15) is 4.79 Å². The zero-order chi connectivity index (χ0) is 24.2.